The molecule has 5 nitrogen and oxygen atoms in total. The molecule has 2 N–H and O–H groups in total. The lowest BCUT2D eigenvalue weighted by Crippen LogP contribution is -2.38. The van der Waals surface area contributed by atoms with Crippen molar-refractivity contribution in [2.75, 3.05) is 27.3 Å². The molecule has 0 amide bonds. The van der Waals surface area contributed by atoms with E-state index in [0.717, 1.165) is 36.0 Å². The van der Waals surface area contributed by atoms with E-state index in [9.17, 15) is 0 Å². The average molecular weight is 483 g/mol. The number of guanidine groups is 1. The number of aliphatic imine (C=N–C) groups is 1. The second-order valence-corrected chi connectivity index (χ2v) is 5.96. The Bertz CT molecular complexity index is 735. The van der Waals surface area contributed by atoms with Gasteiger partial charge in [-0.3, -0.25) is 4.99 Å². The number of nitrogens with one attached hydrogen (secondary N) is 2. The zero-order valence-electron chi connectivity index (χ0n) is 16.5. The van der Waals surface area contributed by atoms with Crippen molar-refractivity contribution in [1.29, 1.82) is 0 Å². The molecule has 2 aromatic rings. The minimum Gasteiger partial charge on any atom is -0.496 e. The van der Waals surface area contributed by atoms with Crippen LogP contribution in [0.3, 0.4) is 0 Å². The number of benzene rings is 2. The highest BCUT2D eigenvalue weighted by Gasteiger charge is 2.06. The number of halogens is 1. The first kappa shape index (κ1) is 23.1. The SMILES string of the molecule is CCOc1cc(C)ccc1CNC(=NC)NCCc1ccccc1OC.I. The van der Waals surface area contributed by atoms with Gasteiger partial charge >= 0.3 is 0 Å². The van der Waals surface area contributed by atoms with Crippen molar-refractivity contribution in [3.05, 3.63) is 59.2 Å². The Hall–Kier alpha value is -1.96. The van der Waals surface area contributed by atoms with E-state index in [-0.39, 0.29) is 24.0 Å². The van der Waals surface area contributed by atoms with Crippen molar-refractivity contribution in [1.82, 2.24) is 10.6 Å². The van der Waals surface area contributed by atoms with Crippen molar-refractivity contribution >= 4 is 29.9 Å². The van der Waals surface area contributed by atoms with Crippen LogP contribution in [-0.2, 0) is 13.0 Å². The van der Waals surface area contributed by atoms with Gasteiger partial charge in [-0.05, 0) is 43.5 Å². The van der Waals surface area contributed by atoms with E-state index in [1.54, 1.807) is 14.2 Å². The maximum Gasteiger partial charge on any atom is 0.191 e. The monoisotopic (exact) mass is 483 g/mol. The average Bonchev–Trinajstić information content (AvgIpc) is 2.66. The van der Waals surface area contributed by atoms with E-state index in [1.165, 1.54) is 11.1 Å². The molecule has 0 atom stereocenters. The predicted octanol–water partition coefficient (Wildman–Crippen LogP) is 3.93. The van der Waals surface area contributed by atoms with Gasteiger partial charge in [-0.1, -0.05) is 30.3 Å². The van der Waals surface area contributed by atoms with Crippen LogP contribution in [0.5, 0.6) is 11.5 Å². The molecule has 0 radical (unpaired) electrons. The molecule has 0 fully saturated rings. The zero-order chi connectivity index (χ0) is 18.8. The molecule has 2 rings (SSSR count). The van der Waals surface area contributed by atoms with Gasteiger partial charge in [0.15, 0.2) is 5.96 Å². The number of hydrogen-bond donors (Lipinski definition) is 2. The summed E-state index contributed by atoms with van der Waals surface area (Å²) in [6, 6.07) is 14.3. The Morgan fingerprint density at radius 3 is 2.52 bits per heavy atom. The number of hydrogen-bond acceptors (Lipinski definition) is 3. The van der Waals surface area contributed by atoms with Gasteiger partial charge in [-0.25, -0.2) is 0 Å². The summed E-state index contributed by atoms with van der Waals surface area (Å²) < 4.78 is 11.1. The number of ether oxygens (including phenoxy) is 2. The van der Waals surface area contributed by atoms with Crippen LogP contribution in [0.4, 0.5) is 0 Å². The molecular weight excluding hydrogens is 453 g/mol. The molecule has 0 spiro atoms. The summed E-state index contributed by atoms with van der Waals surface area (Å²) >= 11 is 0. The van der Waals surface area contributed by atoms with Crippen LogP contribution in [0, 0.1) is 6.92 Å². The number of rotatable bonds is 8. The molecule has 148 valence electrons. The third-order valence-electron chi connectivity index (χ3n) is 4.07. The number of aryl methyl sites for hydroxylation is 1. The topological polar surface area (TPSA) is 54.9 Å². The van der Waals surface area contributed by atoms with E-state index in [0.29, 0.717) is 13.2 Å². The third-order valence-corrected chi connectivity index (χ3v) is 4.07. The number of nitrogens with zero attached hydrogens (tertiary/aromatic N) is 1. The van der Waals surface area contributed by atoms with Crippen molar-refractivity contribution in [3.63, 3.8) is 0 Å². The van der Waals surface area contributed by atoms with Crippen molar-refractivity contribution < 1.29 is 9.47 Å². The molecule has 27 heavy (non-hydrogen) atoms. The Morgan fingerprint density at radius 2 is 1.81 bits per heavy atom. The standard InChI is InChI=1S/C21H29N3O2.HI/c1-5-26-20-14-16(2)10-11-18(20)15-24-21(22-3)23-13-12-17-8-6-7-9-19(17)25-4;/h6-11,14H,5,12-13,15H2,1-4H3,(H2,22,23,24);1H. The third kappa shape index (κ3) is 7.28. The van der Waals surface area contributed by atoms with E-state index in [4.69, 9.17) is 9.47 Å². The molecule has 0 bridgehead atoms. The van der Waals surface area contributed by atoms with Gasteiger partial charge in [0.1, 0.15) is 11.5 Å². The molecule has 0 saturated heterocycles. The Kier molecular flexibility index (Phi) is 10.6. The first-order valence-corrected chi connectivity index (χ1v) is 8.96. The van der Waals surface area contributed by atoms with Crippen LogP contribution in [0.2, 0.25) is 0 Å². The van der Waals surface area contributed by atoms with E-state index in [1.807, 2.05) is 25.1 Å². The summed E-state index contributed by atoms with van der Waals surface area (Å²) in [4.78, 5) is 4.29. The maximum atomic E-state index is 5.73. The minimum atomic E-state index is 0. The Labute approximate surface area is 179 Å². The largest absolute Gasteiger partial charge is 0.496 e. The molecule has 0 unspecified atom stereocenters. The normalized spacial score (nSPS) is 10.7. The Morgan fingerprint density at radius 1 is 1.04 bits per heavy atom. The smallest absolute Gasteiger partial charge is 0.191 e. The minimum absolute atomic E-state index is 0. The lowest BCUT2D eigenvalue weighted by atomic mass is 10.1. The molecule has 6 heteroatoms. The summed E-state index contributed by atoms with van der Waals surface area (Å²) in [5.41, 5.74) is 3.48. The second-order valence-electron chi connectivity index (χ2n) is 5.96. The van der Waals surface area contributed by atoms with Crippen molar-refractivity contribution in [2.45, 2.75) is 26.8 Å². The van der Waals surface area contributed by atoms with Crippen molar-refractivity contribution in [3.8, 4) is 11.5 Å². The van der Waals surface area contributed by atoms with Gasteiger partial charge in [0, 0.05) is 25.7 Å². The number of methoxy groups -OCH3 is 1. The lowest BCUT2D eigenvalue weighted by Gasteiger charge is -2.15. The van der Waals surface area contributed by atoms with Crippen LogP contribution < -0.4 is 20.1 Å². The fraction of sp³-hybridized carbons (Fsp3) is 0.381. The molecule has 0 saturated carbocycles. The number of para-hydroxylation sites is 1. The van der Waals surface area contributed by atoms with Gasteiger partial charge in [0.2, 0.25) is 0 Å². The first-order chi connectivity index (χ1) is 12.7. The van der Waals surface area contributed by atoms with E-state index in [2.05, 4.69) is 46.8 Å². The van der Waals surface area contributed by atoms with E-state index < -0.39 is 0 Å². The van der Waals surface area contributed by atoms with Crippen LogP contribution in [0.1, 0.15) is 23.6 Å². The molecular formula is C21H30IN3O2. The highest BCUT2D eigenvalue weighted by molar-refractivity contribution is 14.0. The van der Waals surface area contributed by atoms with Crippen LogP contribution in [0.15, 0.2) is 47.5 Å². The summed E-state index contributed by atoms with van der Waals surface area (Å²) in [6.45, 7) is 6.15. The van der Waals surface area contributed by atoms with E-state index >= 15 is 0 Å². The van der Waals surface area contributed by atoms with Gasteiger partial charge in [0.05, 0.1) is 13.7 Å². The molecule has 0 aliphatic carbocycles. The summed E-state index contributed by atoms with van der Waals surface area (Å²) in [7, 11) is 3.47. The summed E-state index contributed by atoms with van der Waals surface area (Å²) in [6.07, 6.45) is 0.861. The first-order valence-electron chi connectivity index (χ1n) is 8.96. The van der Waals surface area contributed by atoms with Gasteiger partial charge < -0.3 is 20.1 Å². The van der Waals surface area contributed by atoms with Crippen LogP contribution in [-0.4, -0.2) is 33.3 Å². The fourth-order valence-electron chi connectivity index (χ4n) is 2.72. The van der Waals surface area contributed by atoms with Gasteiger partial charge in [-0.2, -0.15) is 0 Å². The molecule has 0 aromatic heterocycles. The quantitative estimate of drug-likeness (QED) is 0.340. The molecule has 0 aliphatic heterocycles. The highest BCUT2D eigenvalue weighted by atomic mass is 127. The molecule has 0 heterocycles. The highest BCUT2D eigenvalue weighted by Crippen LogP contribution is 2.20. The zero-order valence-corrected chi connectivity index (χ0v) is 18.9. The second kappa shape index (κ2) is 12.4. The molecule has 2 aromatic carbocycles. The van der Waals surface area contributed by atoms with Gasteiger partial charge in [-0.15, -0.1) is 24.0 Å². The van der Waals surface area contributed by atoms with Crippen LogP contribution >= 0.6 is 24.0 Å². The van der Waals surface area contributed by atoms with Crippen molar-refractivity contribution in [2.24, 2.45) is 4.99 Å². The predicted molar refractivity (Wildman–Crippen MR) is 123 cm³/mol. The van der Waals surface area contributed by atoms with Gasteiger partial charge in [0.25, 0.3) is 0 Å². The summed E-state index contributed by atoms with van der Waals surface area (Å²) in [5.74, 6) is 2.60. The van der Waals surface area contributed by atoms with Crippen LogP contribution in [0.25, 0.3) is 0 Å². The summed E-state index contributed by atoms with van der Waals surface area (Å²) in [5, 5.41) is 6.69. The Balaban J connectivity index is 0.00000364. The maximum absolute atomic E-state index is 5.73. The fourth-order valence-corrected chi connectivity index (χ4v) is 2.72. The molecule has 0 aliphatic rings. The lowest BCUT2D eigenvalue weighted by molar-refractivity contribution is 0.336.